The SMILES string of the molecule is CC1N=C(N(C)C)N(C)C(N(C)c2ccc3c(c2)OCO3)=N1. The second-order valence-corrected chi connectivity index (χ2v) is 5.54. The van der Waals surface area contributed by atoms with Crippen molar-refractivity contribution in [2.24, 2.45) is 9.98 Å². The third kappa shape index (κ3) is 2.43. The Kier molecular flexibility index (Phi) is 3.56. The molecule has 0 aliphatic carbocycles. The van der Waals surface area contributed by atoms with Gasteiger partial charge in [-0.1, -0.05) is 0 Å². The van der Waals surface area contributed by atoms with E-state index >= 15 is 0 Å². The van der Waals surface area contributed by atoms with Crippen molar-refractivity contribution in [3.63, 3.8) is 0 Å². The molecule has 0 amide bonds. The Morgan fingerprint density at radius 1 is 1.09 bits per heavy atom. The minimum absolute atomic E-state index is 0.111. The highest BCUT2D eigenvalue weighted by Gasteiger charge is 2.26. The third-order valence-electron chi connectivity index (χ3n) is 3.65. The number of aliphatic imine (C=N–C) groups is 2. The van der Waals surface area contributed by atoms with Gasteiger partial charge in [-0.2, -0.15) is 0 Å². The Balaban J connectivity index is 1.90. The lowest BCUT2D eigenvalue weighted by Gasteiger charge is -2.35. The van der Waals surface area contributed by atoms with Crippen molar-refractivity contribution in [2.45, 2.75) is 13.1 Å². The van der Waals surface area contributed by atoms with Crippen LogP contribution >= 0.6 is 0 Å². The minimum atomic E-state index is -0.111. The molecule has 0 radical (unpaired) electrons. The zero-order valence-corrected chi connectivity index (χ0v) is 13.6. The van der Waals surface area contributed by atoms with E-state index in [0.717, 1.165) is 29.1 Å². The third-order valence-corrected chi connectivity index (χ3v) is 3.65. The van der Waals surface area contributed by atoms with Gasteiger partial charge in [0.2, 0.25) is 18.7 Å². The summed E-state index contributed by atoms with van der Waals surface area (Å²) in [6.45, 7) is 2.25. The van der Waals surface area contributed by atoms with Crippen LogP contribution in [0.25, 0.3) is 0 Å². The summed E-state index contributed by atoms with van der Waals surface area (Å²) in [4.78, 5) is 15.2. The van der Waals surface area contributed by atoms with Crippen LogP contribution in [0.4, 0.5) is 5.69 Å². The monoisotopic (exact) mass is 303 g/mol. The highest BCUT2D eigenvalue weighted by molar-refractivity contribution is 6.07. The van der Waals surface area contributed by atoms with Crippen molar-refractivity contribution < 1.29 is 9.47 Å². The molecule has 0 N–H and O–H groups in total. The van der Waals surface area contributed by atoms with Crippen molar-refractivity contribution in [1.82, 2.24) is 9.80 Å². The van der Waals surface area contributed by atoms with Crippen LogP contribution in [0.5, 0.6) is 11.5 Å². The fraction of sp³-hybridized carbons (Fsp3) is 0.467. The van der Waals surface area contributed by atoms with Crippen molar-refractivity contribution in [2.75, 3.05) is 39.9 Å². The summed E-state index contributed by atoms with van der Waals surface area (Å²) in [6, 6.07) is 5.88. The van der Waals surface area contributed by atoms with Crippen LogP contribution in [0.3, 0.4) is 0 Å². The second kappa shape index (κ2) is 5.40. The maximum Gasteiger partial charge on any atom is 0.231 e. The Hall–Kier alpha value is -2.44. The van der Waals surface area contributed by atoms with Crippen LogP contribution in [-0.2, 0) is 0 Å². The Morgan fingerprint density at radius 2 is 1.77 bits per heavy atom. The lowest BCUT2D eigenvalue weighted by atomic mass is 10.2. The molecule has 3 rings (SSSR count). The first-order valence-electron chi connectivity index (χ1n) is 7.17. The Morgan fingerprint density at radius 3 is 2.50 bits per heavy atom. The first-order valence-corrected chi connectivity index (χ1v) is 7.17. The van der Waals surface area contributed by atoms with E-state index in [9.17, 15) is 0 Å². The van der Waals surface area contributed by atoms with Crippen molar-refractivity contribution in [3.8, 4) is 11.5 Å². The van der Waals surface area contributed by atoms with Crippen LogP contribution in [-0.4, -0.2) is 62.9 Å². The van der Waals surface area contributed by atoms with Crippen LogP contribution in [0.1, 0.15) is 6.92 Å². The van der Waals surface area contributed by atoms with E-state index in [-0.39, 0.29) is 13.0 Å². The fourth-order valence-electron chi connectivity index (χ4n) is 2.56. The zero-order valence-electron chi connectivity index (χ0n) is 13.6. The van der Waals surface area contributed by atoms with Crippen molar-refractivity contribution in [1.29, 1.82) is 0 Å². The molecular formula is C15H21N5O2. The van der Waals surface area contributed by atoms with E-state index in [0.29, 0.717) is 0 Å². The molecule has 118 valence electrons. The van der Waals surface area contributed by atoms with Gasteiger partial charge >= 0.3 is 0 Å². The van der Waals surface area contributed by atoms with Crippen LogP contribution in [0, 0.1) is 0 Å². The molecule has 1 aromatic carbocycles. The maximum atomic E-state index is 5.45. The lowest BCUT2D eigenvalue weighted by Crippen LogP contribution is -2.51. The summed E-state index contributed by atoms with van der Waals surface area (Å²) in [5.41, 5.74) is 0.988. The lowest BCUT2D eigenvalue weighted by molar-refractivity contribution is 0.174. The average Bonchev–Trinajstić information content (AvgIpc) is 2.95. The molecule has 0 saturated heterocycles. The molecule has 0 fully saturated rings. The van der Waals surface area contributed by atoms with Crippen LogP contribution < -0.4 is 14.4 Å². The number of rotatable bonds is 1. The molecule has 7 heteroatoms. The molecule has 1 unspecified atom stereocenters. The highest BCUT2D eigenvalue weighted by Crippen LogP contribution is 2.35. The number of anilines is 1. The van der Waals surface area contributed by atoms with E-state index in [1.807, 2.05) is 68.0 Å². The van der Waals surface area contributed by atoms with E-state index in [1.165, 1.54) is 0 Å². The number of guanidine groups is 2. The second-order valence-electron chi connectivity index (χ2n) is 5.54. The molecule has 1 aromatic rings. The first-order chi connectivity index (χ1) is 10.5. The number of nitrogens with zero attached hydrogens (tertiary/aromatic N) is 5. The molecule has 7 nitrogen and oxygen atoms in total. The number of hydrogen-bond acceptors (Lipinski definition) is 7. The summed E-state index contributed by atoms with van der Waals surface area (Å²) in [5, 5.41) is 0. The van der Waals surface area contributed by atoms with Gasteiger partial charge < -0.3 is 19.3 Å². The molecule has 0 spiro atoms. The van der Waals surface area contributed by atoms with Gasteiger partial charge in [0.15, 0.2) is 11.5 Å². The molecule has 2 aliphatic rings. The van der Waals surface area contributed by atoms with Gasteiger partial charge in [-0.05, 0) is 19.1 Å². The van der Waals surface area contributed by atoms with E-state index in [2.05, 4.69) is 9.98 Å². The van der Waals surface area contributed by atoms with Crippen LogP contribution in [0.2, 0.25) is 0 Å². The molecule has 0 aromatic heterocycles. The standard InChI is InChI=1S/C15H21N5O2/c1-10-16-14(18(2)3)20(5)15(17-10)19(4)11-6-7-12-13(8-11)22-9-21-12/h6-8,10H,9H2,1-5H3. The summed E-state index contributed by atoms with van der Waals surface area (Å²) in [5.74, 6) is 3.26. The van der Waals surface area contributed by atoms with E-state index in [1.54, 1.807) is 0 Å². The molecule has 22 heavy (non-hydrogen) atoms. The molecule has 2 aliphatic heterocycles. The average molecular weight is 303 g/mol. The van der Waals surface area contributed by atoms with E-state index < -0.39 is 0 Å². The molecule has 2 heterocycles. The topological polar surface area (TPSA) is 52.9 Å². The quantitative estimate of drug-likeness (QED) is 0.785. The predicted molar refractivity (Wildman–Crippen MR) is 86.8 cm³/mol. The van der Waals surface area contributed by atoms with Gasteiger partial charge in [0.05, 0.1) is 0 Å². The summed E-state index contributed by atoms with van der Waals surface area (Å²) in [6.07, 6.45) is -0.111. The minimum Gasteiger partial charge on any atom is -0.454 e. The normalized spacial score (nSPS) is 19.7. The number of ether oxygens (including phenoxy) is 2. The summed E-state index contributed by atoms with van der Waals surface area (Å²) >= 11 is 0. The summed E-state index contributed by atoms with van der Waals surface area (Å²) < 4.78 is 10.8. The fourth-order valence-corrected chi connectivity index (χ4v) is 2.56. The number of hydrogen-bond donors (Lipinski definition) is 0. The van der Waals surface area contributed by atoms with Gasteiger partial charge in [-0.25, -0.2) is 9.98 Å². The molecular weight excluding hydrogens is 282 g/mol. The molecule has 0 saturated carbocycles. The van der Waals surface area contributed by atoms with Crippen molar-refractivity contribution >= 4 is 17.6 Å². The molecule has 0 bridgehead atoms. The first kappa shape index (κ1) is 14.5. The maximum absolute atomic E-state index is 5.45. The number of benzene rings is 1. The van der Waals surface area contributed by atoms with Gasteiger partial charge in [-0.15, -0.1) is 0 Å². The van der Waals surface area contributed by atoms with E-state index in [4.69, 9.17) is 9.47 Å². The predicted octanol–water partition coefficient (Wildman–Crippen LogP) is 1.42. The van der Waals surface area contributed by atoms with Gasteiger partial charge in [-0.3, -0.25) is 4.90 Å². The Labute approximate surface area is 130 Å². The Bertz CT molecular complexity index is 641. The number of fused-ring (bicyclic) bond motifs is 1. The van der Waals surface area contributed by atoms with Crippen LogP contribution in [0.15, 0.2) is 28.2 Å². The van der Waals surface area contributed by atoms with Gasteiger partial charge in [0.1, 0.15) is 6.17 Å². The molecule has 1 atom stereocenters. The highest BCUT2D eigenvalue weighted by atomic mass is 16.7. The largest absolute Gasteiger partial charge is 0.454 e. The van der Waals surface area contributed by atoms with Crippen molar-refractivity contribution in [3.05, 3.63) is 18.2 Å². The zero-order chi connectivity index (χ0) is 15.9. The van der Waals surface area contributed by atoms with Gasteiger partial charge in [0.25, 0.3) is 0 Å². The van der Waals surface area contributed by atoms with Gasteiger partial charge in [0, 0.05) is 39.9 Å². The summed E-state index contributed by atoms with van der Waals surface area (Å²) in [7, 11) is 7.91. The smallest absolute Gasteiger partial charge is 0.231 e.